The summed E-state index contributed by atoms with van der Waals surface area (Å²) in [5.41, 5.74) is 0.812. The van der Waals surface area contributed by atoms with Gasteiger partial charge in [0.2, 0.25) is 0 Å². The lowest BCUT2D eigenvalue weighted by molar-refractivity contribution is 0.0925. The topological polar surface area (TPSA) is 50.4 Å². The summed E-state index contributed by atoms with van der Waals surface area (Å²) >= 11 is 2.22. The molecule has 1 aromatic carbocycles. The highest BCUT2D eigenvalue weighted by atomic mass is 127. The van der Waals surface area contributed by atoms with Crippen molar-refractivity contribution in [2.45, 2.75) is 46.0 Å². The van der Waals surface area contributed by atoms with Gasteiger partial charge in [-0.3, -0.25) is 0 Å². The predicted octanol–water partition coefficient (Wildman–Crippen LogP) is 5.04. The van der Waals surface area contributed by atoms with Gasteiger partial charge in [0.05, 0.1) is 0 Å². The third kappa shape index (κ3) is 9.81. The fourth-order valence-corrected chi connectivity index (χ4v) is 2.81. The van der Waals surface area contributed by atoms with Crippen LogP contribution in [0.3, 0.4) is 0 Å². The molecule has 0 heterocycles. The summed E-state index contributed by atoms with van der Waals surface area (Å²) < 4.78 is 6.83. The van der Waals surface area contributed by atoms with Crippen LogP contribution < -0.4 is 10.6 Å². The third-order valence-electron chi connectivity index (χ3n) is 3.73. The Bertz CT molecular complexity index is 454. The van der Waals surface area contributed by atoms with E-state index in [0.29, 0.717) is 19.1 Å². The second-order valence-corrected chi connectivity index (χ2v) is 6.98. The van der Waals surface area contributed by atoms with Crippen molar-refractivity contribution >= 4 is 34.3 Å². The monoisotopic (exact) mass is 432 g/mol. The lowest BCUT2D eigenvalue weighted by Gasteiger charge is -2.14. The van der Waals surface area contributed by atoms with Crippen LogP contribution >= 0.6 is 22.6 Å². The highest BCUT2D eigenvalue weighted by Crippen LogP contribution is 2.13. The number of carbonyl (C=O) groups is 1. The molecule has 1 rings (SSSR count). The maximum atomic E-state index is 11.8. The smallest absolute Gasteiger partial charge is 0.319 e. The number of unbranched alkanes of at least 4 members (excludes halogenated alkanes) is 1. The van der Waals surface area contributed by atoms with E-state index in [-0.39, 0.29) is 6.03 Å². The van der Waals surface area contributed by atoms with Gasteiger partial charge in [-0.05, 0) is 59.5 Å². The van der Waals surface area contributed by atoms with Gasteiger partial charge in [-0.2, -0.15) is 0 Å². The molecule has 0 bridgehead atoms. The minimum Gasteiger partial charge on any atom is -0.381 e. The molecule has 1 atom stereocenters. The average Bonchev–Trinajstić information content (AvgIpc) is 2.53. The van der Waals surface area contributed by atoms with E-state index in [0.717, 1.165) is 22.3 Å². The molecule has 23 heavy (non-hydrogen) atoms. The van der Waals surface area contributed by atoms with Gasteiger partial charge in [0.25, 0.3) is 0 Å². The Morgan fingerprint density at radius 2 is 2.13 bits per heavy atom. The number of amides is 2. The number of urea groups is 1. The number of anilines is 1. The van der Waals surface area contributed by atoms with Crippen LogP contribution in [0, 0.1) is 9.49 Å². The van der Waals surface area contributed by atoms with Crippen LogP contribution in [0.25, 0.3) is 0 Å². The largest absolute Gasteiger partial charge is 0.381 e. The maximum absolute atomic E-state index is 11.8. The number of ether oxygens (including phenoxy) is 1. The van der Waals surface area contributed by atoms with E-state index in [4.69, 9.17) is 4.74 Å². The Kier molecular flexibility index (Phi) is 11.1. The second kappa shape index (κ2) is 12.6. The summed E-state index contributed by atoms with van der Waals surface area (Å²) in [5.74, 6) is 0.673. The van der Waals surface area contributed by atoms with Crippen LogP contribution in [0.2, 0.25) is 0 Å². The van der Waals surface area contributed by atoms with Crippen molar-refractivity contribution in [1.29, 1.82) is 0 Å². The first-order chi connectivity index (χ1) is 11.2. The van der Waals surface area contributed by atoms with E-state index >= 15 is 0 Å². The predicted molar refractivity (Wildman–Crippen MR) is 105 cm³/mol. The highest BCUT2D eigenvalue weighted by molar-refractivity contribution is 14.1. The van der Waals surface area contributed by atoms with E-state index < -0.39 is 0 Å². The van der Waals surface area contributed by atoms with Gasteiger partial charge in [0, 0.05) is 29.0 Å². The lowest BCUT2D eigenvalue weighted by atomic mass is 10.0. The van der Waals surface area contributed by atoms with Gasteiger partial charge < -0.3 is 15.4 Å². The zero-order chi connectivity index (χ0) is 16.9. The van der Waals surface area contributed by atoms with Gasteiger partial charge in [-0.1, -0.05) is 39.2 Å². The van der Waals surface area contributed by atoms with Crippen molar-refractivity contribution in [2.75, 3.05) is 25.1 Å². The van der Waals surface area contributed by atoms with E-state index in [9.17, 15) is 4.79 Å². The van der Waals surface area contributed by atoms with Crippen molar-refractivity contribution in [3.8, 4) is 0 Å². The molecule has 130 valence electrons. The summed E-state index contributed by atoms with van der Waals surface area (Å²) in [5, 5.41) is 5.68. The summed E-state index contributed by atoms with van der Waals surface area (Å²) in [6, 6.07) is 7.57. The first kappa shape index (κ1) is 20.2. The van der Waals surface area contributed by atoms with Crippen molar-refractivity contribution < 1.29 is 9.53 Å². The summed E-state index contributed by atoms with van der Waals surface area (Å²) in [6.07, 6.45) is 5.79. The molecule has 0 aliphatic heterocycles. The molecular formula is C18H29IN2O2. The van der Waals surface area contributed by atoms with Crippen LogP contribution in [0.15, 0.2) is 24.3 Å². The fraction of sp³-hybridized carbons (Fsp3) is 0.611. The molecule has 1 aromatic rings. The zero-order valence-electron chi connectivity index (χ0n) is 14.2. The van der Waals surface area contributed by atoms with Gasteiger partial charge in [-0.15, -0.1) is 0 Å². The Balaban J connectivity index is 2.07. The maximum Gasteiger partial charge on any atom is 0.319 e. The van der Waals surface area contributed by atoms with Crippen LogP contribution in [0.4, 0.5) is 10.5 Å². The highest BCUT2D eigenvalue weighted by Gasteiger charge is 2.06. The molecular weight excluding hydrogens is 403 g/mol. The minimum absolute atomic E-state index is 0.165. The zero-order valence-corrected chi connectivity index (χ0v) is 16.4. The molecule has 1 unspecified atom stereocenters. The summed E-state index contributed by atoms with van der Waals surface area (Å²) in [7, 11) is 0. The number of nitrogens with one attached hydrogen (secondary N) is 2. The molecule has 0 saturated carbocycles. The molecule has 0 aliphatic carbocycles. The number of hydrogen-bond acceptors (Lipinski definition) is 2. The number of halogens is 1. The van der Waals surface area contributed by atoms with Gasteiger partial charge in [0.1, 0.15) is 0 Å². The van der Waals surface area contributed by atoms with Crippen molar-refractivity contribution in [2.24, 2.45) is 5.92 Å². The van der Waals surface area contributed by atoms with Crippen LogP contribution in [-0.2, 0) is 4.74 Å². The molecule has 0 spiro atoms. The first-order valence-corrected chi connectivity index (χ1v) is 9.61. The first-order valence-electron chi connectivity index (χ1n) is 8.53. The second-order valence-electron chi connectivity index (χ2n) is 5.74. The van der Waals surface area contributed by atoms with E-state index in [1.54, 1.807) is 0 Å². The van der Waals surface area contributed by atoms with Gasteiger partial charge in [-0.25, -0.2) is 4.79 Å². The standard InChI is InChI=1S/C18H29IN2O2/c1-3-5-8-15(4-2)14-23-12-7-11-20-18(22)21-17-10-6-9-16(19)13-17/h6,9-10,13,15H,3-5,7-8,11-12,14H2,1-2H3,(H2,20,21,22). The lowest BCUT2D eigenvalue weighted by Crippen LogP contribution is -2.30. The average molecular weight is 432 g/mol. The molecule has 0 aliphatic rings. The molecule has 4 nitrogen and oxygen atoms in total. The van der Waals surface area contributed by atoms with E-state index in [2.05, 4.69) is 47.1 Å². The molecule has 0 saturated heterocycles. The third-order valence-corrected chi connectivity index (χ3v) is 4.40. The minimum atomic E-state index is -0.165. The molecule has 5 heteroatoms. The van der Waals surface area contributed by atoms with Crippen LogP contribution in [0.1, 0.15) is 46.0 Å². The van der Waals surface area contributed by atoms with E-state index in [1.807, 2.05) is 24.3 Å². The van der Waals surface area contributed by atoms with Crippen LogP contribution in [-0.4, -0.2) is 25.8 Å². The number of hydrogen-bond donors (Lipinski definition) is 2. The van der Waals surface area contributed by atoms with E-state index in [1.165, 1.54) is 25.7 Å². The van der Waals surface area contributed by atoms with Gasteiger partial charge in [0.15, 0.2) is 0 Å². The molecule has 2 amide bonds. The number of rotatable bonds is 11. The van der Waals surface area contributed by atoms with Crippen molar-refractivity contribution in [3.05, 3.63) is 27.8 Å². The summed E-state index contributed by atoms with van der Waals surface area (Å²) in [6.45, 7) is 6.61. The molecule has 2 N–H and O–H groups in total. The van der Waals surface area contributed by atoms with Crippen LogP contribution in [0.5, 0.6) is 0 Å². The fourth-order valence-electron chi connectivity index (χ4n) is 2.27. The summed E-state index contributed by atoms with van der Waals surface area (Å²) in [4.78, 5) is 11.8. The molecule has 0 radical (unpaired) electrons. The quantitative estimate of drug-likeness (QED) is 0.381. The number of benzene rings is 1. The molecule has 0 fully saturated rings. The number of carbonyl (C=O) groups excluding carboxylic acids is 1. The van der Waals surface area contributed by atoms with Crippen molar-refractivity contribution in [1.82, 2.24) is 5.32 Å². The Morgan fingerprint density at radius 3 is 2.83 bits per heavy atom. The Labute approximate surface area is 153 Å². The Morgan fingerprint density at radius 1 is 1.30 bits per heavy atom. The van der Waals surface area contributed by atoms with Gasteiger partial charge >= 0.3 is 6.03 Å². The van der Waals surface area contributed by atoms with Crippen molar-refractivity contribution in [3.63, 3.8) is 0 Å². The normalized spacial score (nSPS) is 12.0. The SMILES string of the molecule is CCCCC(CC)COCCCNC(=O)Nc1cccc(I)c1. The molecule has 0 aromatic heterocycles. The Hall–Kier alpha value is -0.820.